The third kappa shape index (κ3) is 6.87. The summed E-state index contributed by atoms with van der Waals surface area (Å²) in [6, 6.07) is 17.8. The first kappa shape index (κ1) is 46.4. The Morgan fingerprint density at radius 3 is 1.05 bits per heavy atom. The molecule has 0 fully saturated rings. The number of nitrogens with one attached hydrogen (secondary N) is 2. The van der Waals surface area contributed by atoms with Crippen molar-refractivity contribution in [2.24, 2.45) is 0 Å². The molecular weight excluding hydrogens is 994 g/mol. The highest BCUT2D eigenvalue weighted by atomic mass is 19.2. The van der Waals surface area contributed by atoms with Crippen LogP contribution in [0.2, 0.25) is 0 Å². The molecule has 2 aliphatic rings. The van der Waals surface area contributed by atoms with E-state index in [-0.39, 0.29) is 27.7 Å². The molecule has 2 N–H and O–H groups in total. The molecular formula is C53H19F15N4O. The summed E-state index contributed by atoms with van der Waals surface area (Å²) in [6.07, 6.45) is 3.82. The van der Waals surface area contributed by atoms with E-state index in [1.54, 1.807) is 48.5 Å². The lowest BCUT2D eigenvalue weighted by molar-refractivity contribution is 0.112. The number of aromatic amines is 2. The van der Waals surface area contributed by atoms with Crippen molar-refractivity contribution in [1.82, 2.24) is 19.9 Å². The molecule has 11 rings (SSSR count). The minimum Gasteiger partial charge on any atom is -0.354 e. The number of aromatic nitrogens is 4. The van der Waals surface area contributed by atoms with Crippen molar-refractivity contribution in [2.75, 3.05) is 0 Å². The molecule has 0 spiro atoms. The molecule has 8 bridgehead atoms. The van der Waals surface area contributed by atoms with Crippen LogP contribution in [0.3, 0.4) is 0 Å². The fourth-order valence-electron chi connectivity index (χ4n) is 9.15. The van der Waals surface area contributed by atoms with Gasteiger partial charge in [-0.05, 0) is 87.8 Å². The predicted octanol–water partition coefficient (Wildman–Crippen LogP) is 15.5. The summed E-state index contributed by atoms with van der Waals surface area (Å²) in [4.78, 5) is 26.3. The summed E-state index contributed by atoms with van der Waals surface area (Å²) in [5, 5.41) is 2.01. The second kappa shape index (κ2) is 16.8. The first-order valence-electron chi connectivity index (χ1n) is 21.0. The SMILES string of the molecule is O=Cc1cccc2cc3cccc(-c4c5ccc([nH]5)c(-c5c(F)c(F)c(F)c(F)c5F)c5nc(c(-c6c(F)c(F)c(F)c(F)c6F)c6nc(c(-c7c(F)c(F)c(F)c(F)c7F)c7ccc4[nH]7)C=C6)C=C5)c3cc12. The number of H-pyrrole nitrogens is 2. The summed E-state index contributed by atoms with van der Waals surface area (Å²) in [6.45, 7) is 0. The molecule has 0 amide bonds. The molecule has 0 saturated carbocycles. The fraction of sp³-hybridized carbons (Fsp3) is 0. The molecule has 9 aromatic rings. The molecule has 0 atom stereocenters. The van der Waals surface area contributed by atoms with Crippen molar-refractivity contribution in [3.63, 3.8) is 0 Å². The van der Waals surface area contributed by atoms with E-state index in [0.717, 1.165) is 36.4 Å². The van der Waals surface area contributed by atoms with Crippen molar-refractivity contribution in [1.29, 1.82) is 0 Å². The minimum atomic E-state index is -2.63. The second-order valence-corrected chi connectivity index (χ2v) is 16.4. The van der Waals surface area contributed by atoms with E-state index >= 15 is 52.7 Å². The van der Waals surface area contributed by atoms with Gasteiger partial charge in [0.15, 0.2) is 76.1 Å². The second-order valence-electron chi connectivity index (χ2n) is 16.4. The highest BCUT2D eigenvalue weighted by Gasteiger charge is 2.34. The lowest BCUT2D eigenvalue weighted by atomic mass is 9.94. The van der Waals surface area contributed by atoms with Crippen LogP contribution in [-0.4, -0.2) is 26.2 Å². The molecule has 2 aliphatic heterocycles. The summed E-state index contributed by atoms with van der Waals surface area (Å²) >= 11 is 0. The van der Waals surface area contributed by atoms with Crippen LogP contribution < -0.4 is 0 Å². The van der Waals surface area contributed by atoms with Crippen molar-refractivity contribution in [3.05, 3.63) is 188 Å². The Morgan fingerprint density at radius 1 is 0.329 bits per heavy atom. The number of carbonyl (C=O) groups excluding carboxylic acids is 1. The van der Waals surface area contributed by atoms with Crippen molar-refractivity contribution < 1.29 is 70.7 Å². The summed E-state index contributed by atoms with van der Waals surface area (Å²) in [5.74, 6) is -37.1. The average molecular weight is 1010 g/mol. The van der Waals surface area contributed by atoms with Gasteiger partial charge in [0.25, 0.3) is 0 Å². The van der Waals surface area contributed by atoms with Crippen LogP contribution in [0.25, 0.3) is 112 Å². The Labute approximate surface area is 396 Å². The third-order valence-corrected chi connectivity index (χ3v) is 12.4. The van der Waals surface area contributed by atoms with Gasteiger partial charge in [0, 0.05) is 49.9 Å². The number of fused-ring (bicyclic) bond motifs is 10. The number of aldehydes is 1. The number of carbonyl (C=O) groups is 1. The van der Waals surface area contributed by atoms with Crippen LogP contribution in [-0.2, 0) is 0 Å². The molecule has 0 unspecified atom stereocenters. The number of nitrogens with zero attached hydrogens (tertiary/aromatic N) is 2. The van der Waals surface area contributed by atoms with Crippen molar-refractivity contribution in [3.8, 4) is 44.5 Å². The van der Waals surface area contributed by atoms with Crippen molar-refractivity contribution >= 4 is 74.2 Å². The number of hydrogen-bond acceptors (Lipinski definition) is 3. The van der Waals surface area contributed by atoms with Crippen LogP contribution in [0, 0.1) is 87.3 Å². The minimum absolute atomic E-state index is 0.0425. The highest BCUT2D eigenvalue weighted by molar-refractivity contribution is 6.12. The lowest BCUT2D eigenvalue weighted by Crippen LogP contribution is -2.06. The highest BCUT2D eigenvalue weighted by Crippen LogP contribution is 2.45. The number of rotatable bonds is 5. The molecule has 20 heteroatoms. The average Bonchev–Trinajstić information content (AvgIpc) is 4.25. The molecule has 3 aromatic heterocycles. The van der Waals surface area contributed by atoms with Gasteiger partial charge in [0.05, 0.1) is 39.5 Å². The van der Waals surface area contributed by atoms with Gasteiger partial charge in [-0.2, -0.15) is 0 Å². The smallest absolute Gasteiger partial charge is 0.200 e. The predicted molar refractivity (Wildman–Crippen MR) is 240 cm³/mol. The van der Waals surface area contributed by atoms with E-state index < -0.39 is 154 Å². The van der Waals surface area contributed by atoms with Crippen LogP contribution in [0.5, 0.6) is 0 Å². The van der Waals surface area contributed by atoms with Crippen LogP contribution >= 0.6 is 0 Å². The standard InChI is InChI=1S/C53H19F15N4O/c54-39-36(40(55)46(61)51(66)45(39)60)33-26-9-7-24(69-26)32(21-6-2-4-19-15-18-3-1-5-20(17-73)22(18)16-23(19)21)25-8-10-27(70-25)34(37-41(56)47(62)52(67)48(63)42(37)57)29-12-14-31(72-29)35(30-13-11-28(33)71-30)38-43(58)49(64)53(68)50(65)44(38)59/h1-17,69-70H. The maximum atomic E-state index is 16.1. The van der Waals surface area contributed by atoms with Gasteiger partial charge in [0.2, 0.25) is 17.5 Å². The Hall–Kier alpha value is -8.94. The van der Waals surface area contributed by atoms with E-state index in [0.29, 0.717) is 27.8 Å². The molecule has 5 nitrogen and oxygen atoms in total. The first-order valence-corrected chi connectivity index (χ1v) is 21.0. The van der Waals surface area contributed by atoms with Gasteiger partial charge in [0.1, 0.15) is 0 Å². The molecule has 73 heavy (non-hydrogen) atoms. The van der Waals surface area contributed by atoms with Gasteiger partial charge >= 0.3 is 0 Å². The Bertz CT molecular complexity index is 4000. The zero-order valence-electron chi connectivity index (χ0n) is 35.8. The van der Waals surface area contributed by atoms with E-state index in [2.05, 4.69) is 19.9 Å². The molecule has 0 aliphatic carbocycles. The quantitative estimate of drug-likeness (QED) is 0.0593. The zero-order valence-corrected chi connectivity index (χ0v) is 35.8. The molecule has 0 saturated heterocycles. The normalized spacial score (nSPS) is 12.3. The van der Waals surface area contributed by atoms with Crippen LogP contribution in [0.15, 0.2) is 72.8 Å². The van der Waals surface area contributed by atoms with Crippen LogP contribution in [0.4, 0.5) is 65.9 Å². The Kier molecular flexibility index (Phi) is 10.7. The topological polar surface area (TPSA) is 74.4 Å². The molecule has 362 valence electrons. The number of benzene rings is 6. The largest absolute Gasteiger partial charge is 0.354 e. The fourth-order valence-corrected chi connectivity index (χ4v) is 9.15. The van der Waals surface area contributed by atoms with E-state index in [4.69, 9.17) is 0 Å². The first-order chi connectivity index (χ1) is 34.9. The maximum Gasteiger partial charge on any atom is 0.200 e. The zero-order chi connectivity index (χ0) is 51.6. The summed E-state index contributed by atoms with van der Waals surface area (Å²) in [7, 11) is 0. The maximum absolute atomic E-state index is 16.1. The Morgan fingerprint density at radius 2 is 0.658 bits per heavy atom. The monoisotopic (exact) mass is 1010 g/mol. The molecule has 6 aromatic carbocycles. The van der Waals surface area contributed by atoms with Gasteiger partial charge in [-0.15, -0.1) is 0 Å². The Balaban J connectivity index is 1.40. The van der Waals surface area contributed by atoms with Gasteiger partial charge in [-0.3, -0.25) is 4.79 Å². The number of halogens is 15. The summed E-state index contributed by atoms with van der Waals surface area (Å²) in [5.41, 5.74) is -11.8. The summed E-state index contributed by atoms with van der Waals surface area (Å²) < 4.78 is 231. The van der Waals surface area contributed by atoms with E-state index in [1.165, 1.54) is 12.1 Å². The van der Waals surface area contributed by atoms with E-state index in [9.17, 15) is 18.0 Å². The third-order valence-electron chi connectivity index (χ3n) is 12.4. The molecule has 5 heterocycles. The van der Waals surface area contributed by atoms with Gasteiger partial charge in [-0.25, -0.2) is 75.8 Å². The van der Waals surface area contributed by atoms with Crippen LogP contribution in [0.1, 0.15) is 33.1 Å². The number of hydrogen-bond donors (Lipinski definition) is 2. The van der Waals surface area contributed by atoms with Gasteiger partial charge < -0.3 is 9.97 Å². The lowest BCUT2D eigenvalue weighted by Gasteiger charge is -2.12. The van der Waals surface area contributed by atoms with E-state index in [1.807, 2.05) is 0 Å². The van der Waals surface area contributed by atoms with Crippen molar-refractivity contribution in [2.45, 2.75) is 0 Å². The van der Waals surface area contributed by atoms with Gasteiger partial charge in [-0.1, -0.05) is 36.4 Å². The molecule has 0 radical (unpaired) electrons.